The van der Waals surface area contributed by atoms with E-state index >= 15 is 0 Å². The summed E-state index contributed by atoms with van der Waals surface area (Å²) in [5.41, 5.74) is 1.98. The van der Waals surface area contributed by atoms with E-state index in [0.29, 0.717) is 4.96 Å². The lowest BCUT2D eigenvalue weighted by Gasteiger charge is -2.33. The van der Waals surface area contributed by atoms with Gasteiger partial charge in [-0.2, -0.15) is 4.98 Å². The fraction of sp³-hybridized carbons (Fsp3) is 0.583. The van der Waals surface area contributed by atoms with E-state index in [1.807, 2.05) is 6.92 Å². The lowest BCUT2D eigenvalue weighted by atomic mass is 9.84. The number of sulfonamides is 1. The second-order valence-electron chi connectivity index (χ2n) is 5.69. The van der Waals surface area contributed by atoms with Crippen LogP contribution in [-0.4, -0.2) is 23.3 Å². The van der Waals surface area contributed by atoms with Crippen LogP contribution in [0.15, 0.2) is 16.6 Å². The molecule has 9 heteroatoms. The van der Waals surface area contributed by atoms with Crippen molar-refractivity contribution in [2.75, 3.05) is 5.43 Å². The van der Waals surface area contributed by atoms with Crippen molar-refractivity contribution >= 4 is 32.1 Å². The second-order valence-corrected chi connectivity index (χ2v) is 8.16. The van der Waals surface area contributed by atoms with Gasteiger partial charge in [-0.05, 0) is 19.8 Å². The Bertz CT molecular complexity index is 743. The van der Waals surface area contributed by atoms with Crippen molar-refractivity contribution in [3.05, 3.63) is 11.6 Å². The average Bonchev–Trinajstić information content (AvgIpc) is 2.97. The van der Waals surface area contributed by atoms with Gasteiger partial charge in [0.15, 0.2) is 10.8 Å². The molecule has 0 aromatic carbocycles. The molecule has 0 radical (unpaired) electrons. The molecule has 2 aromatic rings. The first-order chi connectivity index (χ1) is 9.95. The number of fused-ring (bicyclic) bond motifs is 1. The van der Waals surface area contributed by atoms with Gasteiger partial charge in [-0.1, -0.05) is 19.3 Å². The standard InChI is InChI=1S/C12H19N5O2S2/c1-12(5-3-2-4-6-12)16-21(18,19)10-9(15-13)14-11-17(10)7-8-20-11/h7-8,15-16H,2-6,13H2,1H3. The zero-order valence-electron chi connectivity index (χ0n) is 11.8. The molecule has 0 unspecified atom stereocenters. The molecule has 2 aromatic heterocycles. The summed E-state index contributed by atoms with van der Waals surface area (Å²) >= 11 is 1.36. The van der Waals surface area contributed by atoms with Crippen LogP contribution in [0.2, 0.25) is 0 Å². The van der Waals surface area contributed by atoms with Gasteiger partial charge in [0.2, 0.25) is 5.03 Å². The number of nitrogen functional groups attached to an aromatic ring is 1. The maximum Gasteiger partial charge on any atom is 0.260 e. The highest BCUT2D eigenvalue weighted by Gasteiger charge is 2.35. The Balaban J connectivity index is 2.01. The number of hydrogen-bond donors (Lipinski definition) is 3. The Morgan fingerprint density at radius 2 is 2.10 bits per heavy atom. The molecule has 0 atom stereocenters. The first-order valence-electron chi connectivity index (χ1n) is 6.91. The predicted molar refractivity (Wildman–Crippen MR) is 82.7 cm³/mol. The van der Waals surface area contributed by atoms with Crippen molar-refractivity contribution in [1.82, 2.24) is 14.1 Å². The van der Waals surface area contributed by atoms with Crippen molar-refractivity contribution < 1.29 is 8.42 Å². The third-order valence-electron chi connectivity index (χ3n) is 3.95. The Hall–Kier alpha value is -1.16. The molecule has 0 aliphatic heterocycles. The summed E-state index contributed by atoms with van der Waals surface area (Å²) in [5.74, 6) is 5.60. The Morgan fingerprint density at radius 3 is 2.76 bits per heavy atom. The molecule has 116 valence electrons. The van der Waals surface area contributed by atoms with Gasteiger partial charge in [-0.15, -0.1) is 11.3 Å². The van der Waals surface area contributed by atoms with E-state index < -0.39 is 15.6 Å². The molecule has 0 saturated heterocycles. The van der Waals surface area contributed by atoms with Crippen molar-refractivity contribution in [3.8, 4) is 0 Å². The largest absolute Gasteiger partial charge is 0.306 e. The van der Waals surface area contributed by atoms with Gasteiger partial charge in [0, 0.05) is 17.1 Å². The minimum Gasteiger partial charge on any atom is -0.306 e. The Kier molecular flexibility index (Phi) is 3.68. The molecule has 3 rings (SSSR count). The molecule has 1 aliphatic rings. The van der Waals surface area contributed by atoms with Crippen LogP contribution in [0.25, 0.3) is 4.96 Å². The van der Waals surface area contributed by atoms with Gasteiger partial charge < -0.3 is 5.43 Å². The number of nitrogens with one attached hydrogen (secondary N) is 2. The Labute approximate surface area is 127 Å². The van der Waals surface area contributed by atoms with Crippen LogP contribution in [0.5, 0.6) is 0 Å². The van der Waals surface area contributed by atoms with Gasteiger partial charge in [0.1, 0.15) is 0 Å². The third kappa shape index (κ3) is 2.66. The molecule has 0 amide bonds. The van der Waals surface area contributed by atoms with Crippen molar-refractivity contribution in [2.45, 2.75) is 49.6 Å². The van der Waals surface area contributed by atoms with Crippen molar-refractivity contribution in [1.29, 1.82) is 0 Å². The van der Waals surface area contributed by atoms with Gasteiger partial charge in [0.25, 0.3) is 10.0 Å². The molecule has 21 heavy (non-hydrogen) atoms. The minimum atomic E-state index is -3.70. The van der Waals surface area contributed by atoms with Crippen molar-refractivity contribution in [3.63, 3.8) is 0 Å². The van der Waals surface area contributed by atoms with E-state index in [1.54, 1.807) is 16.0 Å². The molecule has 2 heterocycles. The summed E-state index contributed by atoms with van der Waals surface area (Å²) in [6, 6.07) is 0. The number of nitrogens with zero attached hydrogens (tertiary/aromatic N) is 2. The molecule has 0 bridgehead atoms. The molecular formula is C12H19N5O2S2. The van der Waals surface area contributed by atoms with Crippen LogP contribution in [-0.2, 0) is 10.0 Å². The van der Waals surface area contributed by atoms with Gasteiger partial charge in [-0.3, -0.25) is 4.40 Å². The third-order valence-corrected chi connectivity index (χ3v) is 6.36. The maximum atomic E-state index is 12.8. The fourth-order valence-corrected chi connectivity index (χ4v) is 5.41. The SMILES string of the molecule is CC1(NS(=O)(=O)c2c(NN)nc3sccn23)CCCCC1. The van der Waals surface area contributed by atoms with Gasteiger partial charge in [0.05, 0.1) is 0 Å². The molecule has 7 nitrogen and oxygen atoms in total. The quantitative estimate of drug-likeness (QED) is 0.585. The van der Waals surface area contributed by atoms with Gasteiger partial charge >= 0.3 is 0 Å². The van der Waals surface area contributed by atoms with Crippen LogP contribution in [0.3, 0.4) is 0 Å². The zero-order chi connectivity index (χ0) is 15.1. The van der Waals surface area contributed by atoms with E-state index in [0.717, 1.165) is 32.1 Å². The molecule has 0 spiro atoms. The number of thiazole rings is 1. The normalized spacial score (nSPS) is 19.0. The second kappa shape index (κ2) is 5.24. The van der Waals surface area contributed by atoms with Crippen LogP contribution in [0, 0.1) is 0 Å². The van der Waals surface area contributed by atoms with E-state index in [9.17, 15) is 8.42 Å². The summed E-state index contributed by atoms with van der Waals surface area (Å²) in [6.45, 7) is 1.96. The molecule has 1 saturated carbocycles. The predicted octanol–water partition coefficient (Wildman–Crippen LogP) is 1.68. The molecule has 4 N–H and O–H groups in total. The fourth-order valence-electron chi connectivity index (χ4n) is 2.92. The maximum absolute atomic E-state index is 12.8. The highest BCUT2D eigenvalue weighted by Crippen LogP contribution is 2.31. The number of hydrogen-bond acceptors (Lipinski definition) is 6. The highest BCUT2D eigenvalue weighted by atomic mass is 32.2. The zero-order valence-corrected chi connectivity index (χ0v) is 13.4. The number of hydrazine groups is 1. The average molecular weight is 329 g/mol. The molecule has 1 aliphatic carbocycles. The van der Waals surface area contributed by atoms with E-state index in [-0.39, 0.29) is 10.8 Å². The monoisotopic (exact) mass is 329 g/mol. The van der Waals surface area contributed by atoms with Crippen LogP contribution >= 0.6 is 11.3 Å². The number of aromatic nitrogens is 2. The minimum absolute atomic E-state index is 0.0769. The first-order valence-corrected chi connectivity index (χ1v) is 9.28. The Morgan fingerprint density at radius 1 is 1.38 bits per heavy atom. The lowest BCUT2D eigenvalue weighted by molar-refractivity contribution is 0.293. The van der Waals surface area contributed by atoms with Crippen LogP contribution < -0.4 is 16.0 Å². The number of anilines is 1. The van der Waals surface area contributed by atoms with Crippen LogP contribution in [0.1, 0.15) is 39.0 Å². The van der Waals surface area contributed by atoms with E-state index in [2.05, 4.69) is 15.1 Å². The van der Waals surface area contributed by atoms with Crippen molar-refractivity contribution in [2.24, 2.45) is 5.84 Å². The summed E-state index contributed by atoms with van der Waals surface area (Å²) in [6.07, 6.45) is 6.63. The number of imidazole rings is 1. The summed E-state index contributed by atoms with van der Waals surface area (Å²) in [4.78, 5) is 4.79. The highest BCUT2D eigenvalue weighted by molar-refractivity contribution is 7.89. The van der Waals surface area contributed by atoms with Gasteiger partial charge in [-0.25, -0.2) is 19.0 Å². The molecule has 1 fully saturated rings. The summed E-state index contributed by atoms with van der Waals surface area (Å²) in [7, 11) is -3.70. The molecular weight excluding hydrogens is 310 g/mol. The summed E-state index contributed by atoms with van der Waals surface area (Å²) < 4.78 is 30.0. The number of nitrogens with two attached hydrogens (primary N) is 1. The topological polar surface area (TPSA) is 102 Å². The summed E-state index contributed by atoms with van der Waals surface area (Å²) in [5, 5.41) is 1.87. The first kappa shape index (κ1) is 14.8. The van der Waals surface area contributed by atoms with E-state index in [1.165, 1.54) is 11.3 Å². The number of rotatable bonds is 4. The smallest absolute Gasteiger partial charge is 0.260 e. The van der Waals surface area contributed by atoms with Crippen LogP contribution in [0.4, 0.5) is 5.82 Å². The van der Waals surface area contributed by atoms with E-state index in [4.69, 9.17) is 5.84 Å². The lowest BCUT2D eigenvalue weighted by Crippen LogP contribution is -2.47.